The number of nitrogens with one attached hydrogen (secondary N) is 1. The van der Waals surface area contributed by atoms with Crippen molar-refractivity contribution >= 4 is 34.9 Å². The molecule has 0 bridgehead atoms. The Kier molecular flexibility index (Phi) is 6.55. The van der Waals surface area contributed by atoms with E-state index in [0.29, 0.717) is 22.5 Å². The maximum atomic E-state index is 13.1. The Labute approximate surface area is 195 Å². The third-order valence-corrected chi connectivity index (χ3v) is 5.16. The molecule has 0 aliphatic carbocycles. The van der Waals surface area contributed by atoms with Gasteiger partial charge in [0.25, 0.3) is 0 Å². The molecular formula is C26H17AsN4O. The van der Waals surface area contributed by atoms with Crippen LogP contribution >= 0.6 is 0 Å². The van der Waals surface area contributed by atoms with E-state index in [1.807, 2.05) is 66.7 Å². The van der Waals surface area contributed by atoms with E-state index in [-0.39, 0.29) is 5.91 Å². The van der Waals surface area contributed by atoms with Crippen LogP contribution in [0.3, 0.4) is 0 Å². The van der Waals surface area contributed by atoms with E-state index in [1.165, 1.54) is 0 Å². The van der Waals surface area contributed by atoms with Crippen LogP contribution in [0.2, 0.25) is 0 Å². The van der Waals surface area contributed by atoms with Gasteiger partial charge < -0.3 is 0 Å². The van der Waals surface area contributed by atoms with E-state index < -0.39 is 0 Å². The van der Waals surface area contributed by atoms with Crippen molar-refractivity contribution in [1.82, 2.24) is 4.98 Å². The molecule has 0 spiro atoms. The Morgan fingerprint density at radius 3 is 2.56 bits per heavy atom. The molecule has 1 aromatic heterocycles. The second-order valence-corrected chi connectivity index (χ2v) is 7.44. The first-order valence-electron chi connectivity index (χ1n) is 9.83. The summed E-state index contributed by atoms with van der Waals surface area (Å²) in [6.07, 6.45) is 3.41. The number of nitrogens with zero attached hydrogens (tertiary/aromatic N) is 3. The first-order chi connectivity index (χ1) is 15.7. The Bertz CT molecular complexity index is 1340. The number of rotatable bonds is 5. The summed E-state index contributed by atoms with van der Waals surface area (Å²) >= 11 is 2.16. The zero-order valence-corrected chi connectivity index (χ0v) is 18.8. The van der Waals surface area contributed by atoms with Crippen LogP contribution in [0.1, 0.15) is 21.5 Å². The fourth-order valence-electron chi connectivity index (χ4n) is 3.42. The summed E-state index contributed by atoms with van der Waals surface area (Å²) in [5.41, 5.74) is 5.88. The number of amides is 1. The Hall–Kier alpha value is -4.00. The van der Waals surface area contributed by atoms with E-state index in [2.05, 4.69) is 37.4 Å². The monoisotopic (exact) mass is 476 g/mol. The van der Waals surface area contributed by atoms with Crippen LogP contribution < -0.4 is 5.32 Å². The van der Waals surface area contributed by atoms with Crippen molar-refractivity contribution in [3.63, 3.8) is 0 Å². The standard InChI is InChI=1S/C26H17AsN4O/c27-30-17-18-5-3-7-20(15-18)25-24(9-4-14-29-25)26(32)31-22-12-10-19(11-13-22)23-8-2-1-6-21(23)16-28/h1-15,17H,(H,31,32). The molecule has 0 saturated carbocycles. The Morgan fingerprint density at radius 2 is 1.78 bits per heavy atom. The van der Waals surface area contributed by atoms with Crippen molar-refractivity contribution in [3.8, 4) is 28.5 Å². The van der Waals surface area contributed by atoms with E-state index in [9.17, 15) is 10.1 Å². The predicted molar refractivity (Wildman–Crippen MR) is 128 cm³/mol. The number of benzene rings is 3. The van der Waals surface area contributed by atoms with Crippen molar-refractivity contribution in [2.45, 2.75) is 0 Å². The van der Waals surface area contributed by atoms with Gasteiger partial charge in [-0.25, -0.2) is 0 Å². The van der Waals surface area contributed by atoms with Crippen molar-refractivity contribution in [3.05, 3.63) is 108 Å². The summed E-state index contributed by atoms with van der Waals surface area (Å²) < 4.78 is 3.99. The molecule has 0 atom stereocenters. The summed E-state index contributed by atoms with van der Waals surface area (Å²) in [6.45, 7) is 0. The predicted octanol–water partition coefficient (Wildman–Crippen LogP) is 5.04. The molecule has 32 heavy (non-hydrogen) atoms. The minimum atomic E-state index is -0.246. The molecule has 4 rings (SSSR count). The number of anilines is 1. The molecular weight excluding hydrogens is 459 g/mol. The third kappa shape index (κ3) is 4.67. The molecule has 2 radical (unpaired) electrons. The molecule has 0 fully saturated rings. The van der Waals surface area contributed by atoms with Crippen LogP contribution in [0.15, 0.2) is 95.0 Å². The number of carbonyl (C=O) groups is 1. The SMILES string of the molecule is N#Cc1ccccc1-c1ccc(NC(=O)c2cccnc2-c2cccc(C=N[As])c2)cc1. The minimum absolute atomic E-state index is 0.246. The first kappa shape index (κ1) is 21.2. The third-order valence-electron chi connectivity index (χ3n) is 4.92. The molecule has 1 heterocycles. The molecule has 1 amide bonds. The van der Waals surface area contributed by atoms with Gasteiger partial charge in [0, 0.05) is 0 Å². The number of pyridine rings is 1. The van der Waals surface area contributed by atoms with Crippen molar-refractivity contribution in [2.24, 2.45) is 3.91 Å². The van der Waals surface area contributed by atoms with Crippen LogP contribution in [0.4, 0.5) is 5.69 Å². The summed E-state index contributed by atoms with van der Waals surface area (Å²) in [5.74, 6) is -0.246. The molecule has 1 N–H and O–H groups in total. The van der Waals surface area contributed by atoms with Crippen LogP contribution in [-0.2, 0) is 0 Å². The van der Waals surface area contributed by atoms with Gasteiger partial charge in [-0.3, -0.25) is 0 Å². The number of aromatic nitrogens is 1. The average molecular weight is 476 g/mol. The van der Waals surface area contributed by atoms with Crippen molar-refractivity contribution in [1.29, 1.82) is 5.26 Å². The summed E-state index contributed by atoms with van der Waals surface area (Å²) in [5, 5.41) is 12.3. The zero-order valence-electron chi connectivity index (χ0n) is 16.9. The summed E-state index contributed by atoms with van der Waals surface area (Å²) in [7, 11) is 0. The molecule has 5 nitrogen and oxygen atoms in total. The number of nitriles is 1. The Balaban J connectivity index is 1.59. The van der Waals surface area contributed by atoms with Crippen molar-refractivity contribution in [2.75, 3.05) is 5.32 Å². The van der Waals surface area contributed by atoms with Gasteiger partial charge in [0.05, 0.1) is 11.6 Å². The van der Waals surface area contributed by atoms with E-state index in [0.717, 1.165) is 22.3 Å². The molecule has 0 saturated heterocycles. The van der Waals surface area contributed by atoms with Crippen LogP contribution in [-0.4, -0.2) is 34.2 Å². The normalized spacial score (nSPS) is 10.6. The molecule has 0 aliphatic heterocycles. The summed E-state index contributed by atoms with van der Waals surface area (Å²) in [4.78, 5) is 17.5. The molecule has 0 unspecified atom stereocenters. The van der Waals surface area contributed by atoms with Gasteiger partial charge in [-0.15, -0.1) is 0 Å². The van der Waals surface area contributed by atoms with Gasteiger partial charge in [-0.05, 0) is 17.2 Å². The second kappa shape index (κ2) is 9.87. The number of hydrogen-bond donors (Lipinski definition) is 1. The van der Waals surface area contributed by atoms with E-state index in [1.54, 1.807) is 30.6 Å². The topological polar surface area (TPSA) is 78.1 Å². The van der Waals surface area contributed by atoms with Crippen molar-refractivity contribution < 1.29 is 4.79 Å². The molecule has 4 aromatic rings. The van der Waals surface area contributed by atoms with Crippen LogP contribution in [0, 0.1) is 11.3 Å². The van der Waals surface area contributed by atoms with Gasteiger partial charge >= 0.3 is 143 Å². The summed E-state index contributed by atoms with van der Waals surface area (Å²) in [6, 6.07) is 28.3. The van der Waals surface area contributed by atoms with Gasteiger partial charge in [0.1, 0.15) is 0 Å². The fourth-order valence-corrected chi connectivity index (χ4v) is 3.70. The molecule has 6 heteroatoms. The number of hydrogen-bond acceptors (Lipinski definition) is 4. The Morgan fingerprint density at radius 1 is 0.969 bits per heavy atom. The molecule has 152 valence electrons. The van der Waals surface area contributed by atoms with E-state index in [4.69, 9.17) is 0 Å². The van der Waals surface area contributed by atoms with Crippen LogP contribution in [0.5, 0.6) is 0 Å². The van der Waals surface area contributed by atoms with E-state index >= 15 is 0 Å². The fraction of sp³-hybridized carbons (Fsp3) is 0. The zero-order chi connectivity index (χ0) is 22.3. The quantitative estimate of drug-likeness (QED) is 0.324. The van der Waals surface area contributed by atoms with Gasteiger partial charge in [0.2, 0.25) is 0 Å². The average Bonchev–Trinajstić information content (AvgIpc) is 2.85. The van der Waals surface area contributed by atoms with Crippen LogP contribution in [0.25, 0.3) is 22.4 Å². The molecule has 0 aliphatic rings. The van der Waals surface area contributed by atoms with Gasteiger partial charge in [0.15, 0.2) is 0 Å². The first-order valence-corrected chi connectivity index (χ1v) is 10.7. The second-order valence-electron chi connectivity index (χ2n) is 6.96. The van der Waals surface area contributed by atoms with Gasteiger partial charge in [-0.2, -0.15) is 5.26 Å². The molecule has 3 aromatic carbocycles. The van der Waals surface area contributed by atoms with Gasteiger partial charge in [-0.1, -0.05) is 18.2 Å². The maximum absolute atomic E-state index is 13.1. The number of carbonyl (C=O) groups excluding carboxylic acids is 1.